The van der Waals surface area contributed by atoms with Gasteiger partial charge in [-0.1, -0.05) is 26.0 Å². The molecule has 0 radical (unpaired) electrons. The van der Waals surface area contributed by atoms with Crippen LogP contribution in [0.2, 0.25) is 0 Å². The van der Waals surface area contributed by atoms with E-state index in [4.69, 9.17) is 23.2 Å². The van der Waals surface area contributed by atoms with Crippen LogP contribution in [-0.2, 0) is 0 Å². The van der Waals surface area contributed by atoms with Gasteiger partial charge in [-0.15, -0.1) is 23.2 Å². The Kier molecular flexibility index (Phi) is 5.58. The number of nitrogens with one attached hydrogen (secondary N) is 1. The molecule has 3 unspecified atom stereocenters. The third-order valence-electron chi connectivity index (χ3n) is 3.71. The second-order valence-corrected chi connectivity index (χ2v) is 7.48. The van der Waals surface area contributed by atoms with Crippen LogP contribution in [0.25, 0.3) is 0 Å². The first-order valence-electron chi connectivity index (χ1n) is 7.00. The number of hydrogen-bond acceptors (Lipinski definition) is 1. The summed E-state index contributed by atoms with van der Waals surface area (Å²) in [6, 6.07) is 0.380. The van der Waals surface area contributed by atoms with E-state index in [0.29, 0.717) is 6.04 Å². The third kappa shape index (κ3) is 3.65. The van der Waals surface area contributed by atoms with Crippen molar-refractivity contribution < 1.29 is 0 Å². The van der Waals surface area contributed by atoms with E-state index >= 15 is 0 Å². The maximum absolute atomic E-state index is 6.58. The molecule has 1 aliphatic carbocycles. The smallest absolute Gasteiger partial charge is 0.0439 e. The van der Waals surface area contributed by atoms with E-state index in [0.717, 1.165) is 19.3 Å². The summed E-state index contributed by atoms with van der Waals surface area (Å²) in [5, 5.41) is 3.85. The monoisotopic (exact) mass is 291 g/mol. The molecule has 0 aromatic carbocycles. The summed E-state index contributed by atoms with van der Waals surface area (Å²) in [5.74, 6) is 0. The van der Waals surface area contributed by atoms with Crippen molar-refractivity contribution in [3.05, 3.63) is 12.2 Å². The molecule has 0 aliphatic heterocycles. The molecule has 1 N–H and O–H groups in total. The summed E-state index contributed by atoms with van der Waals surface area (Å²) in [7, 11) is 0. The highest BCUT2D eigenvalue weighted by Gasteiger charge is 2.45. The second kappa shape index (κ2) is 6.15. The molecule has 0 fully saturated rings. The van der Waals surface area contributed by atoms with Gasteiger partial charge >= 0.3 is 0 Å². The highest BCUT2D eigenvalue weighted by molar-refractivity contribution is 6.24. The largest absolute Gasteiger partial charge is 0.306 e. The zero-order valence-corrected chi connectivity index (χ0v) is 13.8. The summed E-state index contributed by atoms with van der Waals surface area (Å²) in [6.45, 7) is 10.8. The highest BCUT2D eigenvalue weighted by atomic mass is 35.5. The average molecular weight is 292 g/mol. The Morgan fingerprint density at radius 3 is 2.11 bits per heavy atom. The second-order valence-electron chi connectivity index (χ2n) is 6.43. The van der Waals surface area contributed by atoms with Gasteiger partial charge in [-0.3, -0.25) is 0 Å². The van der Waals surface area contributed by atoms with Crippen LogP contribution in [0.15, 0.2) is 12.2 Å². The minimum absolute atomic E-state index is 0.0600. The zero-order chi connectivity index (χ0) is 14.0. The Hall–Kier alpha value is 0.280. The standard InChI is InChI=1S/C15H27Cl2N/c1-6-12(16)15(13(17)7-2)9-8-11(10-15)18-14(3,4)5/h8-9,11-13,18H,6-7,10H2,1-5H3. The van der Waals surface area contributed by atoms with Crippen molar-refractivity contribution >= 4 is 23.2 Å². The Labute approximate surface area is 122 Å². The lowest BCUT2D eigenvalue weighted by atomic mass is 9.77. The maximum atomic E-state index is 6.58. The van der Waals surface area contributed by atoms with Crippen molar-refractivity contribution in [1.82, 2.24) is 5.32 Å². The van der Waals surface area contributed by atoms with Gasteiger partial charge in [0, 0.05) is 27.7 Å². The first kappa shape index (κ1) is 16.3. The molecule has 18 heavy (non-hydrogen) atoms. The van der Waals surface area contributed by atoms with Gasteiger partial charge in [0.1, 0.15) is 0 Å². The molecule has 0 bridgehead atoms. The van der Waals surface area contributed by atoms with Gasteiger partial charge < -0.3 is 5.32 Å². The predicted octanol–water partition coefficient (Wildman–Crippen LogP) is 4.72. The van der Waals surface area contributed by atoms with E-state index < -0.39 is 0 Å². The van der Waals surface area contributed by atoms with Crippen LogP contribution in [0, 0.1) is 5.41 Å². The Morgan fingerprint density at radius 1 is 1.22 bits per heavy atom. The Balaban J connectivity index is 2.83. The molecular formula is C15H27Cl2N. The van der Waals surface area contributed by atoms with E-state index in [1.807, 2.05) is 0 Å². The fourth-order valence-corrected chi connectivity index (χ4v) is 3.58. The molecule has 0 heterocycles. The molecule has 0 aromatic rings. The number of hydrogen-bond donors (Lipinski definition) is 1. The SMILES string of the molecule is CCC(Cl)C1(C(Cl)CC)C=CC(NC(C)(C)C)C1. The van der Waals surface area contributed by atoms with Crippen molar-refractivity contribution in [1.29, 1.82) is 0 Å². The molecule has 1 aliphatic rings. The van der Waals surface area contributed by atoms with Crippen molar-refractivity contribution in [2.24, 2.45) is 5.41 Å². The van der Waals surface area contributed by atoms with Crippen molar-refractivity contribution in [3.63, 3.8) is 0 Å². The molecule has 0 saturated carbocycles. The lowest BCUT2D eigenvalue weighted by Crippen LogP contribution is -2.45. The van der Waals surface area contributed by atoms with Crippen molar-refractivity contribution in [2.45, 2.75) is 76.2 Å². The topological polar surface area (TPSA) is 12.0 Å². The van der Waals surface area contributed by atoms with Crippen molar-refractivity contribution in [2.75, 3.05) is 0 Å². The molecule has 1 rings (SSSR count). The first-order chi connectivity index (χ1) is 8.25. The van der Waals surface area contributed by atoms with E-state index in [-0.39, 0.29) is 21.7 Å². The van der Waals surface area contributed by atoms with Crippen LogP contribution in [0.5, 0.6) is 0 Å². The molecule has 3 atom stereocenters. The Bertz CT molecular complexity index is 283. The van der Waals surface area contributed by atoms with Crippen LogP contribution in [0.3, 0.4) is 0 Å². The van der Waals surface area contributed by atoms with E-state index in [1.165, 1.54) is 0 Å². The molecular weight excluding hydrogens is 265 g/mol. The van der Waals surface area contributed by atoms with E-state index in [9.17, 15) is 0 Å². The quantitative estimate of drug-likeness (QED) is 0.571. The first-order valence-corrected chi connectivity index (χ1v) is 7.87. The highest BCUT2D eigenvalue weighted by Crippen LogP contribution is 2.46. The fraction of sp³-hybridized carbons (Fsp3) is 0.867. The number of allylic oxidation sites excluding steroid dienone is 1. The Morgan fingerprint density at radius 2 is 1.72 bits per heavy atom. The number of halogens is 2. The number of rotatable bonds is 5. The van der Waals surface area contributed by atoms with Crippen molar-refractivity contribution in [3.8, 4) is 0 Å². The van der Waals surface area contributed by atoms with Crippen LogP contribution in [0.4, 0.5) is 0 Å². The molecule has 1 nitrogen and oxygen atoms in total. The molecule has 0 spiro atoms. The lowest BCUT2D eigenvalue weighted by Gasteiger charge is -2.38. The van der Waals surface area contributed by atoms with Crippen LogP contribution in [-0.4, -0.2) is 22.3 Å². The minimum atomic E-state index is -0.0600. The molecule has 0 aromatic heterocycles. The number of alkyl halides is 2. The normalized spacial score (nSPS) is 31.6. The summed E-state index contributed by atoms with van der Waals surface area (Å²) in [5.41, 5.74) is 0.0582. The average Bonchev–Trinajstić information content (AvgIpc) is 2.69. The van der Waals surface area contributed by atoms with Gasteiger partial charge in [0.2, 0.25) is 0 Å². The molecule has 3 heteroatoms. The summed E-state index contributed by atoms with van der Waals surface area (Å²) in [4.78, 5) is 0. The predicted molar refractivity (Wildman–Crippen MR) is 82.7 cm³/mol. The summed E-state index contributed by atoms with van der Waals surface area (Å²) < 4.78 is 0. The van der Waals surface area contributed by atoms with Gasteiger partial charge in [-0.25, -0.2) is 0 Å². The van der Waals surface area contributed by atoms with Gasteiger partial charge in [0.15, 0.2) is 0 Å². The maximum Gasteiger partial charge on any atom is 0.0439 e. The van der Waals surface area contributed by atoms with Gasteiger partial charge in [0.05, 0.1) is 0 Å². The van der Waals surface area contributed by atoms with Gasteiger partial charge in [0.25, 0.3) is 0 Å². The van der Waals surface area contributed by atoms with Crippen LogP contribution < -0.4 is 5.32 Å². The van der Waals surface area contributed by atoms with Gasteiger partial charge in [-0.2, -0.15) is 0 Å². The fourth-order valence-electron chi connectivity index (χ4n) is 2.89. The van der Waals surface area contributed by atoms with Crippen LogP contribution >= 0.6 is 23.2 Å². The summed E-state index contributed by atoms with van der Waals surface area (Å²) >= 11 is 13.2. The third-order valence-corrected chi connectivity index (χ3v) is 5.14. The molecule has 106 valence electrons. The van der Waals surface area contributed by atoms with E-state index in [2.05, 4.69) is 52.1 Å². The zero-order valence-electron chi connectivity index (χ0n) is 12.3. The van der Waals surface area contributed by atoms with Crippen LogP contribution in [0.1, 0.15) is 53.9 Å². The van der Waals surface area contributed by atoms with Gasteiger partial charge in [-0.05, 0) is 40.0 Å². The lowest BCUT2D eigenvalue weighted by molar-refractivity contribution is 0.279. The van der Waals surface area contributed by atoms with E-state index in [1.54, 1.807) is 0 Å². The minimum Gasteiger partial charge on any atom is -0.306 e. The molecule has 0 amide bonds. The molecule has 0 saturated heterocycles. The summed E-state index contributed by atoms with van der Waals surface area (Å²) in [6.07, 6.45) is 7.43.